The van der Waals surface area contributed by atoms with Gasteiger partial charge in [-0.25, -0.2) is 4.39 Å². The third-order valence-electron chi connectivity index (χ3n) is 6.44. The summed E-state index contributed by atoms with van der Waals surface area (Å²) in [6.45, 7) is 2.28. The van der Waals surface area contributed by atoms with E-state index >= 15 is 0 Å². The summed E-state index contributed by atoms with van der Waals surface area (Å²) in [5, 5.41) is 8.83. The normalized spacial score (nSPS) is 19.7. The quantitative estimate of drug-likeness (QED) is 0.342. The number of nitrogens with zero attached hydrogens (tertiary/aromatic N) is 1. The average molecular weight is 372 g/mol. The Labute approximate surface area is 166 Å². The summed E-state index contributed by atoms with van der Waals surface area (Å²) in [5.41, 5.74) is 1.19. The zero-order valence-corrected chi connectivity index (χ0v) is 17.3. The van der Waals surface area contributed by atoms with Gasteiger partial charge in [-0.1, -0.05) is 96.5 Å². The first kappa shape index (κ1) is 21.9. The molecular formula is C25H38FN. The average Bonchev–Trinajstić information content (AvgIpc) is 2.70. The number of halogens is 1. The van der Waals surface area contributed by atoms with Crippen LogP contribution in [0.2, 0.25) is 0 Å². The minimum absolute atomic E-state index is 0.211. The van der Waals surface area contributed by atoms with Gasteiger partial charge in [-0.3, -0.25) is 0 Å². The lowest BCUT2D eigenvalue weighted by Crippen LogP contribution is -2.15. The number of aryl methyl sites for hydroxylation is 1. The molecule has 0 atom stereocenters. The van der Waals surface area contributed by atoms with E-state index in [0.717, 1.165) is 30.2 Å². The third kappa shape index (κ3) is 8.46. The summed E-state index contributed by atoms with van der Waals surface area (Å²) >= 11 is 0. The Hall–Kier alpha value is -1.36. The molecule has 1 aromatic rings. The molecule has 27 heavy (non-hydrogen) atoms. The van der Waals surface area contributed by atoms with Crippen molar-refractivity contribution in [1.29, 1.82) is 5.26 Å². The Morgan fingerprint density at radius 2 is 1.48 bits per heavy atom. The van der Waals surface area contributed by atoms with Gasteiger partial charge in [-0.05, 0) is 42.4 Å². The standard InChI is InChI=1S/C25H38FN/c1-2-3-4-5-6-7-8-9-10-21-11-13-22(14-12-21)15-17-24-18-16-23(20-27)19-25(24)26/h16,18-19,21-22H,2-15,17H2,1H3. The van der Waals surface area contributed by atoms with Crippen LogP contribution < -0.4 is 0 Å². The summed E-state index contributed by atoms with van der Waals surface area (Å²) in [6.07, 6.45) is 20.0. The van der Waals surface area contributed by atoms with Crippen LogP contribution >= 0.6 is 0 Å². The SMILES string of the molecule is CCCCCCCCCCC1CCC(CCc2ccc(C#N)cc2F)CC1. The summed E-state index contributed by atoms with van der Waals surface area (Å²) in [7, 11) is 0. The second-order valence-corrected chi connectivity index (χ2v) is 8.61. The molecule has 1 aliphatic carbocycles. The van der Waals surface area contributed by atoms with Crippen molar-refractivity contribution in [2.75, 3.05) is 0 Å². The van der Waals surface area contributed by atoms with Gasteiger partial charge in [0, 0.05) is 0 Å². The highest BCUT2D eigenvalue weighted by Crippen LogP contribution is 2.34. The molecule has 0 saturated heterocycles. The van der Waals surface area contributed by atoms with Gasteiger partial charge in [0.2, 0.25) is 0 Å². The van der Waals surface area contributed by atoms with Gasteiger partial charge in [0.25, 0.3) is 0 Å². The van der Waals surface area contributed by atoms with E-state index in [2.05, 4.69) is 6.92 Å². The summed E-state index contributed by atoms with van der Waals surface area (Å²) < 4.78 is 14.0. The Morgan fingerprint density at radius 3 is 2.07 bits per heavy atom. The maximum atomic E-state index is 14.0. The first-order chi connectivity index (χ1) is 13.2. The molecular weight excluding hydrogens is 333 g/mol. The van der Waals surface area contributed by atoms with E-state index < -0.39 is 0 Å². The zero-order chi connectivity index (χ0) is 19.3. The molecule has 2 rings (SSSR count). The van der Waals surface area contributed by atoms with Gasteiger partial charge in [-0.2, -0.15) is 5.26 Å². The molecule has 0 N–H and O–H groups in total. The highest BCUT2D eigenvalue weighted by molar-refractivity contribution is 5.32. The van der Waals surface area contributed by atoms with Crippen LogP contribution in [0.3, 0.4) is 0 Å². The smallest absolute Gasteiger partial charge is 0.127 e. The van der Waals surface area contributed by atoms with Gasteiger partial charge < -0.3 is 0 Å². The maximum absolute atomic E-state index is 14.0. The second-order valence-electron chi connectivity index (χ2n) is 8.61. The van der Waals surface area contributed by atoms with Crippen molar-refractivity contribution < 1.29 is 4.39 Å². The first-order valence-electron chi connectivity index (χ1n) is 11.4. The predicted molar refractivity (Wildman–Crippen MR) is 112 cm³/mol. The number of hydrogen-bond donors (Lipinski definition) is 0. The van der Waals surface area contributed by atoms with Crippen molar-refractivity contribution in [3.05, 3.63) is 35.1 Å². The largest absolute Gasteiger partial charge is 0.207 e. The van der Waals surface area contributed by atoms with Crippen molar-refractivity contribution in [2.45, 2.75) is 103 Å². The van der Waals surface area contributed by atoms with Gasteiger partial charge in [0.15, 0.2) is 0 Å². The van der Waals surface area contributed by atoms with E-state index in [4.69, 9.17) is 5.26 Å². The molecule has 0 bridgehead atoms. The topological polar surface area (TPSA) is 23.8 Å². The van der Waals surface area contributed by atoms with Gasteiger partial charge in [0.1, 0.15) is 5.82 Å². The van der Waals surface area contributed by atoms with E-state index in [-0.39, 0.29) is 5.82 Å². The Kier molecular flexibility index (Phi) is 10.5. The molecule has 150 valence electrons. The molecule has 1 aromatic carbocycles. The van der Waals surface area contributed by atoms with Crippen molar-refractivity contribution >= 4 is 0 Å². The third-order valence-corrected chi connectivity index (χ3v) is 6.44. The van der Waals surface area contributed by atoms with Crippen LogP contribution in [0.5, 0.6) is 0 Å². The monoisotopic (exact) mass is 371 g/mol. The molecule has 1 aliphatic rings. The van der Waals surface area contributed by atoms with E-state index in [1.165, 1.54) is 89.5 Å². The van der Waals surface area contributed by atoms with Gasteiger partial charge in [-0.15, -0.1) is 0 Å². The van der Waals surface area contributed by atoms with Crippen molar-refractivity contribution in [1.82, 2.24) is 0 Å². The van der Waals surface area contributed by atoms with Crippen molar-refractivity contribution in [2.24, 2.45) is 11.8 Å². The molecule has 0 aliphatic heterocycles. The van der Waals surface area contributed by atoms with E-state index in [0.29, 0.717) is 5.56 Å². The number of benzene rings is 1. The van der Waals surface area contributed by atoms with Crippen LogP contribution in [0.1, 0.15) is 108 Å². The molecule has 2 heteroatoms. The molecule has 0 unspecified atom stereocenters. The lowest BCUT2D eigenvalue weighted by molar-refractivity contribution is 0.248. The van der Waals surface area contributed by atoms with E-state index in [9.17, 15) is 4.39 Å². The Bertz CT molecular complexity index is 566. The lowest BCUT2D eigenvalue weighted by Gasteiger charge is -2.28. The fourth-order valence-electron chi connectivity index (χ4n) is 4.55. The lowest BCUT2D eigenvalue weighted by atomic mass is 9.77. The zero-order valence-electron chi connectivity index (χ0n) is 17.3. The molecule has 0 aromatic heterocycles. The number of hydrogen-bond acceptors (Lipinski definition) is 1. The molecule has 0 radical (unpaired) electrons. The molecule has 1 saturated carbocycles. The van der Waals surface area contributed by atoms with Crippen LogP contribution in [0.4, 0.5) is 4.39 Å². The molecule has 1 fully saturated rings. The van der Waals surface area contributed by atoms with Gasteiger partial charge in [0.05, 0.1) is 11.6 Å². The highest BCUT2D eigenvalue weighted by atomic mass is 19.1. The fourth-order valence-corrected chi connectivity index (χ4v) is 4.55. The first-order valence-corrected chi connectivity index (χ1v) is 11.4. The predicted octanol–water partition coefficient (Wildman–Crippen LogP) is 7.97. The van der Waals surface area contributed by atoms with E-state index in [1.54, 1.807) is 12.1 Å². The van der Waals surface area contributed by atoms with Crippen LogP contribution in [0, 0.1) is 29.0 Å². The summed E-state index contributed by atoms with van der Waals surface area (Å²) in [6, 6.07) is 6.90. The maximum Gasteiger partial charge on any atom is 0.127 e. The molecule has 1 nitrogen and oxygen atoms in total. The highest BCUT2D eigenvalue weighted by Gasteiger charge is 2.21. The molecule has 0 amide bonds. The van der Waals surface area contributed by atoms with Crippen LogP contribution in [0.15, 0.2) is 18.2 Å². The number of unbranched alkanes of at least 4 members (excludes halogenated alkanes) is 7. The minimum atomic E-state index is -0.211. The van der Waals surface area contributed by atoms with Crippen LogP contribution in [-0.2, 0) is 6.42 Å². The number of nitriles is 1. The Morgan fingerprint density at radius 1 is 0.889 bits per heavy atom. The van der Waals surface area contributed by atoms with Crippen molar-refractivity contribution in [3.8, 4) is 6.07 Å². The summed E-state index contributed by atoms with van der Waals surface area (Å²) in [4.78, 5) is 0. The minimum Gasteiger partial charge on any atom is -0.207 e. The molecule has 0 spiro atoms. The fraction of sp³-hybridized carbons (Fsp3) is 0.720. The van der Waals surface area contributed by atoms with Crippen LogP contribution in [-0.4, -0.2) is 0 Å². The van der Waals surface area contributed by atoms with Crippen molar-refractivity contribution in [3.63, 3.8) is 0 Å². The Balaban J connectivity index is 1.53. The number of rotatable bonds is 12. The van der Waals surface area contributed by atoms with E-state index in [1.807, 2.05) is 6.07 Å². The summed E-state index contributed by atoms with van der Waals surface area (Å²) in [5.74, 6) is 1.49. The van der Waals surface area contributed by atoms with Gasteiger partial charge >= 0.3 is 0 Å². The second kappa shape index (κ2) is 12.9. The van der Waals surface area contributed by atoms with Crippen LogP contribution in [0.25, 0.3) is 0 Å². The molecule has 0 heterocycles.